The summed E-state index contributed by atoms with van der Waals surface area (Å²) >= 11 is 17.4. The molecule has 1 heterocycles. The van der Waals surface area contributed by atoms with Gasteiger partial charge in [0.05, 0.1) is 18.9 Å². The highest BCUT2D eigenvalue weighted by atomic mass is 35.5. The molecule has 8 heteroatoms. The molecule has 0 spiro atoms. The third-order valence-corrected chi connectivity index (χ3v) is 4.69. The molecule has 0 aromatic heterocycles. The van der Waals surface area contributed by atoms with Crippen LogP contribution < -0.4 is 10.5 Å². The van der Waals surface area contributed by atoms with E-state index in [4.69, 9.17) is 45.9 Å². The Labute approximate surface area is 160 Å². The van der Waals surface area contributed by atoms with Gasteiger partial charge in [0, 0.05) is 22.0 Å². The molecule has 0 saturated carbocycles. The number of hydrogen-bond donors (Lipinski definition) is 1. The van der Waals surface area contributed by atoms with Crippen molar-refractivity contribution in [3.8, 4) is 5.75 Å². The van der Waals surface area contributed by atoms with E-state index in [0.717, 1.165) is 5.56 Å². The molecule has 25 heavy (non-hydrogen) atoms. The van der Waals surface area contributed by atoms with Crippen LogP contribution in [-0.2, 0) is 0 Å². The van der Waals surface area contributed by atoms with E-state index in [1.165, 1.54) is 18.2 Å². The second kappa shape index (κ2) is 7.15. The monoisotopic (exact) mass is 397 g/mol. The van der Waals surface area contributed by atoms with Crippen LogP contribution in [0.1, 0.15) is 23.6 Å². The first-order chi connectivity index (χ1) is 11.9. The van der Waals surface area contributed by atoms with Crippen LogP contribution in [0.2, 0.25) is 10.0 Å². The van der Waals surface area contributed by atoms with E-state index in [1.807, 2.05) is 6.07 Å². The highest BCUT2D eigenvalue weighted by molar-refractivity contribution is 7.80. The molecule has 0 aliphatic carbocycles. The minimum Gasteiger partial charge on any atom is -0.494 e. The second-order valence-electron chi connectivity index (χ2n) is 5.46. The molecule has 0 fully saturated rings. The fourth-order valence-electron chi connectivity index (χ4n) is 2.75. The largest absolute Gasteiger partial charge is 0.494 e. The first-order valence-electron chi connectivity index (χ1n) is 7.35. The van der Waals surface area contributed by atoms with Crippen molar-refractivity contribution in [2.24, 2.45) is 10.8 Å². The van der Waals surface area contributed by atoms with Gasteiger partial charge in [-0.15, -0.1) is 0 Å². The summed E-state index contributed by atoms with van der Waals surface area (Å²) in [6.45, 7) is 0. The minimum absolute atomic E-state index is 0.111. The average molecular weight is 398 g/mol. The normalized spacial score (nSPS) is 16.7. The van der Waals surface area contributed by atoms with Gasteiger partial charge in [-0.05, 0) is 48.1 Å². The van der Waals surface area contributed by atoms with E-state index < -0.39 is 5.82 Å². The van der Waals surface area contributed by atoms with Crippen LogP contribution in [0.4, 0.5) is 4.39 Å². The van der Waals surface area contributed by atoms with Gasteiger partial charge in [-0.2, -0.15) is 5.10 Å². The zero-order valence-electron chi connectivity index (χ0n) is 13.2. The fourth-order valence-corrected chi connectivity index (χ4v) is 3.45. The topological polar surface area (TPSA) is 50.8 Å². The fraction of sp³-hybridized carbons (Fsp3) is 0.176. The van der Waals surface area contributed by atoms with Gasteiger partial charge >= 0.3 is 0 Å². The van der Waals surface area contributed by atoms with Gasteiger partial charge in [0.25, 0.3) is 0 Å². The Kier molecular flexibility index (Phi) is 5.13. The molecule has 0 amide bonds. The zero-order chi connectivity index (χ0) is 18.1. The number of hydrazone groups is 1. The Morgan fingerprint density at radius 1 is 1.32 bits per heavy atom. The number of thiocarbonyl (C=S) groups is 1. The van der Waals surface area contributed by atoms with Crippen LogP contribution in [0.5, 0.6) is 5.75 Å². The van der Waals surface area contributed by atoms with Gasteiger partial charge < -0.3 is 10.5 Å². The second-order valence-corrected chi connectivity index (χ2v) is 6.73. The van der Waals surface area contributed by atoms with Crippen molar-refractivity contribution in [1.29, 1.82) is 0 Å². The molecule has 2 aromatic carbocycles. The molecule has 2 N–H and O–H groups in total. The van der Waals surface area contributed by atoms with Gasteiger partial charge in [-0.1, -0.05) is 29.3 Å². The van der Waals surface area contributed by atoms with E-state index in [9.17, 15) is 4.39 Å². The molecule has 1 aliphatic rings. The number of hydrogen-bond acceptors (Lipinski definition) is 3. The standard InChI is InChI=1S/C17H14Cl2FN3OS/c1-24-16-5-2-9(6-13(16)20)14-8-15(23(22-14)17(21)25)11-4-3-10(18)7-12(11)19/h2-7,15H,8H2,1H3,(H2,21,25). The first kappa shape index (κ1) is 17.9. The van der Waals surface area contributed by atoms with E-state index >= 15 is 0 Å². The van der Waals surface area contributed by atoms with E-state index in [0.29, 0.717) is 27.7 Å². The van der Waals surface area contributed by atoms with Crippen LogP contribution >= 0.6 is 35.4 Å². The molecule has 0 radical (unpaired) electrons. The van der Waals surface area contributed by atoms with Crippen molar-refractivity contribution in [2.45, 2.75) is 12.5 Å². The smallest absolute Gasteiger partial charge is 0.187 e. The number of rotatable bonds is 3. The summed E-state index contributed by atoms with van der Waals surface area (Å²) < 4.78 is 19.0. The maximum Gasteiger partial charge on any atom is 0.187 e. The summed E-state index contributed by atoms with van der Waals surface area (Å²) in [4.78, 5) is 0. The average Bonchev–Trinajstić information content (AvgIpc) is 3.00. The van der Waals surface area contributed by atoms with E-state index in [-0.39, 0.29) is 16.9 Å². The van der Waals surface area contributed by atoms with Crippen molar-refractivity contribution in [3.63, 3.8) is 0 Å². The number of halogens is 3. The van der Waals surface area contributed by atoms with Crippen LogP contribution in [0.3, 0.4) is 0 Å². The predicted octanol–water partition coefficient (Wildman–Crippen LogP) is 4.54. The van der Waals surface area contributed by atoms with Crippen molar-refractivity contribution < 1.29 is 9.13 Å². The first-order valence-corrected chi connectivity index (χ1v) is 8.52. The zero-order valence-corrected chi connectivity index (χ0v) is 15.5. The van der Waals surface area contributed by atoms with E-state index in [1.54, 1.807) is 24.3 Å². The lowest BCUT2D eigenvalue weighted by atomic mass is 9.98. The van der Waals surface area contributed by atoms with Gasteiger partial charge in [0.2, 0.25) is 0 Å². The Balaban J connectivity index is 1.97. The molecule has 3 rings (SSSR count). The molecule has 1 unspecified atom stereocenters. The van der Waals surface area contributed by atoms with Gasteiger partial charge in [0.15, 0.2) is 16.7 Å². The summed E-state index contributed by atoms with van der Waals surface area (Å²) in [6, 6.07) is 9.61. The van der Waals surface area contributed by atoms with Gasteiger partial charge in [0.1, 0.15) is 0 Å². The lowest BCUT2D eigenvalue weighted by Gasteiger charge is -2.22. The highest BCUT2D eigenvalue weighted by Crippen LogP contribution is 2.37. The summed E-state index contributed by atoms with van der Waals surface area (Å²) in [5.41, 5.74) is 7.90. The SMILES string of the molecule is COc1ccc(C2=NN(C(N)=S)C(c3ccc(Cl)cc3Cl)C2)cc1F. The van der Waals surface area contributed by atoms with Gasteiger partial charge in [-0.3, -0.25) is 0 Å². The molecule has 4 nitrogen and oxygen atoms in total. The lowest BCUT2D eigenvalue weighted by molar-refractivity contribution is 0.373. The molecular weight excluding hydrogens is 384 g/mol. The van der Waals surface area contributed by atoms with Crippen molar-refractivity contribution in [3.05, 3.63) is 63.4 Å². The Morgan fingerprint density at radius 2 is 2.08 bits per heavy atom. The van der Waals surface area contributed by atoms with Crippen LogP contribution in [0.25, 0.3) is 0 Å². The molecule has 0 saturated heterocycles. The Bertz CT molecular complexity index is 875. The minimum atomic E-state index is -0.461. The Hall–Kier alpha value is -1.89. The number of benzene rings is 2. The molecule has 1 aliphatic heterocycles. The molecular formula is C17H14Cl2FN3OS. The predicted molar refractivity (Wildman–Crippen MR) is 102 cm³/mol. The maximum absolute atomic E-state index is 14.0. The van der Waals surface area contributed by atoms with Crippen LogP contribution in [0, 0.1) is 5.82 Å². The third-order valence-electron chi connectivity index (χ3n) is 3.94. The van der Waals surface area contributed by atoms with Crippen molar-refractivity contribution >= 4 is 46.2 Å². The Morgan fingerprint density at radius 3 is 2.68 bits per heavy atom. The number of ether oxygens (including phenoxy) is 1. The maximum atomic E-state index is 14.0. The van der Waals surface area contributed by atoms with Crippen LogP contribution in [0.15, 0.2) is 41.5 Å². The van der Waals surface area contributed by atoms with Crippen LogP contribution in [-0.4, -0.2) is 22.9 Å². The summed E-state index contributed by atoms with van der Waals surface area (Å²) in [7, 11) is 1.42. The van der Waals surface area contributed by atoms with Gasteiger partial charge in [-0.25, -0.2) is 9.40 Å². The molecule has 1 atom stereocenters. The van der Waals surface area contributed by atoms with E-state index in [2.05, 4.69) is 5.10 Å². The molecule has 130 valence electrons. The van der Waals surface area contributed by atoms with Crippen molar-refractivity contribution in [2.75, 3.05) is 7.11 Å². The quantitative estimate of drug-likeness (QED) is 0.772. The number of nitrogens with two attached hydrogens (primary N) is 1. The lowest BCUT2D eigenvalue weighted by Crippen LogP contribution is -2.31. The summed E-state index contributed by atoms with van der Waals surface area (Å²) in [6.07, 6.45) is 0.477. The summed E-state index contributed by atoms with van der Waals surface area (Å²) in [5.74, 6) is -0.289. The number of methoxy groups -OCH3 is 1. The highest BCUT2D eigenvalue weighted by Gasteiger charge is 2.32. The number of nitrogens with zero attached hydrogens (tertiary/aromatic N) is 2. The molecule has 2 aromatic rings. The summed E-state index contributed by atoms with van der Waals surface area (Å²) in [5, 5.41) is 7.12. The molecule has 0 bridgehead atoms. The van der Waals surface area contributed by atoms with Crippen molar-refractivity contribution in [1.82, 2.24) is 5.01 Å². The third kappa shape index (κ3) is 3.56.